The third-order valence-corrected chi connectivity index (χ3v) is 3.47. The number of halogens is 1. The highest BCUT2D eigenvalue weighted by molar-refractivity contribution is 6.35. The number of nitrogens with one attached hydrogen (secondary N) is 1. The van der Waals surface area contributed by atoms with Gasteiger partial charge in [0.25, 0.3) is 0 Å². The Morgan fingerprint density at radius 1 is 1.32 bits per heavy atom. The van der Waals surface area contributed by atoms with Gasteiger partial charge in [0.1, 0.15) is 11.6 Å². The van der Waals surface area contributed by atoms with Crippen molar-refractivity contribution in [3.05, 3.63) is 24.1 Å². The van der Waals surface area contributed by atoms with E-state index in [1.807, 2.05) is 4.90 Å². The van der Waals surface area contributed by atoms with Crippen LogP contribution in [-0.2, 0) is 9.59 Å². The van der Waals surface area contributed by atoms with Gasteiger partial charge in [-0.25, -0.2) is 9.37 Å². The fourth-order valence-corrected chi connectivity index (χ4v) is 2.48. The molecule has 2 aliphatic heterocycles. The van der Waals surface area contributed by atoms with Crippen LogP contribution in [-0.4, -0.2) is 53.9 Å². The molecule has 1 unspecified atom stereocenters. The van der Waals surface area contributed by atoms with E-state index in [9.17, 15) is 14.0 Å². The molecule has 7 heteroatoms. The molecular formula is C12H13FN4O2. The Hall–Kier alpha value is -2.18. The lowest BCUT2D eigenvalue weighted by Gasteiger charge is -2.43. The van der Waals surface area contributed by atoms with Crippen molar-refractivity contribution in [1.82, 2.24) is 15.2 Å². The third kappa shape index (κ3) is 2.11. The summed E-state index contributed by atoms with van der Waals surface area (Å²) in [6.07, 6.45) is 1.18. The van der Waals surface area contributed by atoms with Crippen LogP contribution in [0.2, 0.25) is 0 Å². The molecule has 1 N–H and O–H groups in total. The average molecular weight is 264 g/mol. The molecule has 0 radical (unpaired) electrons. The van der Waals surface area contributed by atoms with Gasteiger partial charge >= 0.3 is 11.8 Å². The first kappa shape index (κ1) is 11.9. The molecule has 0 bridgehead atoms. The van der Waals surface area contributed by atoms with Crippen LogP contribution in [0.1, 0.15) is 0 Å². The van der Waals surface area contributed by atoms with Gasteiger partial charge in [-0.3, -0.25) is 9.59 Å². The Morgan fingerprint density at radius 2 is 2.16 bits per heavy atom. The second-order valence-electron chi connectivity index (χ2n) is 4.64. The second kappa shape index (κ2) is 4.49. The van der Waals surface area contributed by atoms with E-state index in [1.165, 1.54) is 12.3 Å². The number of hydrogen-bond acceptors (Lipinski definition) is 4. The number of carbonyl (C=O) groups is 2. The van der Waals surface area contributed by atoms with Gasteiger partial charge in [-0.05, 0) is 12.1 Å². The lowest BCUT2D eigenvalue weighted by molar-refractivity contribution is -0.150. The highest BCUT2D eigenvalue weighted by Crippen LogP contribution is 2.18. The summed E-state index contributed by atoms with van der Waals surface area (Å²) < 4.78 is 12.8. The number of hydrogen-bond donors (Lipinski definition) is 1. The van der Waals surface area contributed by atoms with Gasteiger partial charge in [0.15, 0.2) is 0 Å². The average Bonchev–Trinajstić information content (AvgIpc) is 2.43. The molecule has 2 saturated heterocycles. The second-order valence-corrected chi connectivity index (χ2v) is 4.64. The highest BCUT2D eigenvalue weighted by Gasteiger charge is 2.37. The largest absolute Gasteiger partial charge is 0.353 e. The van der Waals surface area contributed by atoms with Crippen molar-refractivity contribution in [2.45, 2.75) is 6.04 Å². The standard InChI is InChI=1S/C12H13FN4O2/c13-8-1-2-10(14-5-8)16-3-4-17-9(7-16)6-15-11(18)12(17)19/h1-2,5,9H,3-4,6-7H2,(H,15,18). The number of nitrogens with zero attached hydrogens (tertiary/aromatic N) is 3. The van der Waals surface area contributed by atoms with Crippen LogP contribution in [0.4, 0.5) is 10.2 Å². The summed E-state index contributed by atoms with van der Waals surface area (Å²) in [7, 11) is 0. The molecule has 2 amide bonds. The molecular weight excluding hydrogens is 251 g/mol. The van der Waals surface area contributed by atoms with Gasteiger partial charge in [-0.1, -0.05) is 0 Å². The van der Waals surface area contributed by atoms with E-state index >= 15 is 0 Å². The molecule has 19 heavy (non-hydrogen) atoms. The van der Waals surface area contributed by atoms with Crippen molar-refractivity contribution >= 4 is 17.6 Å². The number of aromatic nitrogens is 1. The number of anilines is 1. The number of rotatable bonds is 1. The fourth-order valence-electron chi connectivity index (χ4n) is 2.48. The van der Waals surface area contributed by atoms with Gasteiger partial charge in [0.2, 0.25) is 0 Å². The smallest absolute Gasteiger partial charge is 0.312 e. The molecule has 3 rings (SSSR count). The van der Waals surface area contributed by atoms with Crippen molar-refractivity contribution in [2.24, 2.45) is 0 Å². The minimum absolute atomic E-state index is 0.0502. The van der Waals surface area contributed by atoms with Crippen LogP contribution < -0.4 is 10.2 Å². The van der Waals surface area contributed by atoms with Gasteiger partial charge < -0.3 is 15.1 Å². The van der Waals surface area contributed by atoms with Crippen molar-refractivity contribution in [3.63, 3.8) is 0 Å². The van der Waals surface area contributed by atoms with E-state index in [2.05, 4.69) is 10.3 Å². The molecule has 0 aromatic carbocycles. The zero-order valence-electron chi connectivity index (χ0n) is 10.2. The maximum atomic E-state index is 12.8. The molecule has 0 spiro atoms. The third-order valence-electron chi connectivity index (χ3n) is 3.47. The summed E-state index contributed by atoms with van der Waals surface area (Å²) in [6, 6.07) is 2.93. The van der Waals surface area contributed by atoms with E-state index in [4.69, 9.17) is 0 Å². The summed E-state index contributed by atoms with van der Waals surface area (Å²) >= 11 is 0. The molecule has 3 heterocycles. The summed E-state index contributed by atoms with van der Waals surface area (Å²) in [6.45, 7) is 2.11. The Bertz CT molecular complexity index is 519. The molecule has 1 aromatic heterocycles. The van der Waals surface area contributed by atoms with Gasteiger partial charge in [-0.15, -0.1) is 0 Å². The number of pyridine rings is 1. The first-order valence-electron chi connectivity index (χ1n) is 6.10. The Morgan fingerprint density at radius 3 is 2.89 bits per heavy atom. The molecule has 100 valence electrons. The van der Waals surface area contributed by atoms with Gasteiger partial charge in [0, 0.05) is 26.2 Å². The van der Waals surface area contributed by atoms with Crippen LogP contribution in [0, 0.1) is 5.82 Å². The summed E-state index contributed by atoms with van der Waals surface area (Å²) in [4.78, 5) is 30.6. The number of fused-ring (bicyclic) bond motifs is 1. The van der Waals surface area contributed by atoms with Crippen molar-refractivity contribution in [3.8, 4) is 0 Å². The number of amides is 2. The van der Waals surface area contributed by atoms with Gasteiger partial charge in [-0.2, -0.15) is 0 Å². The Kier molecular flexibility index (Phi) is 2.81. The topological polar surface area (TPSA) is 65.5 Å². The first-order chi connectivity index (χ1) is 9.15. The normalized spacial score (nSPS) is 23.1. The van der Waals surface area contributed by atoms with Crippen LogP contribution in [0.15, 0.2) is 18.3 Å². The van der Waals surface area contributed by atoms with Gasteiger partial charge in [0.05, 0.1) is 12.2 Å². The SMILES string of the molecule is O=C1NCC2CN(c3ccc(F)cn3)CCN2C1=O. The van der Waals surface area contributed by atoms with E-state index in [0.29, 0.717) is 32.0 Å². The lowest BCUT2D eigenvalue weighted by Crippen LogP contribution is -2.65. The summed E-state index contributed by atoms with van der Waals surface area (Å²) in [5.41, 5.74) is 0. The minimum atomic E-state index is -0.537. The molecule has 1 atom stereocenters. The molecule has 0 saturated carbocycles. The van der Waals surface area contributed by atoms with Crippen LogP contribution in [0.25, 0.3) is 0 Å². The molecule has 0 aliphatic carbocycles. The first-order valence-corrected chi connectivity index (χ1v) is 6.10. The molecule has 2 aliphatic rings. The Labute approximate surface area is 109 Å². The zero-order chi connectivity index (χ0) is 13.4. The molecule has 6 nitrogen and oxygen atoms in total. The number of carbonyl (C=O) groups excluding carboxylic acids is 2. The van der Waals surface area contributed by atoms with Crippen LogP contribution >= 0.6 is 0 Å². The van der Waals surface area contributed by atoms with E-state index in [1.54, 1.807) is 11.0 Å². The monoisotopic (exact) mass is 264 g/mol. The van der Waals surface area contributed by atoms with Crippen LogP contribution in [0.5, 0.6) is 0 Å². The fraction of sp³-hybridized carbons (Fsp3) is 0.417. The predicted molar refractivity (Wildman–Crippen MR) is 64.9 cm³/mol. The van der Waals surface area contributed by atoms with E-state index < -0.39 is 11.8 Å². The zero-order valence-corrected chi connectivity index (χ0v) is 10.2. The van der Waals surface area contributed by atoms with Crippen molar-refractivity contribution in [2.75, 3.05) is 31.1 Å². The van der Waals surface area contributed by atoms with Crippen LogP contribution in [0.3, 0.4) is 0 Å². The Balaban J connectivity index is 1.74. The summed E-state index contributed by atoms with van der Waals surface area (Å²) in [5, 5.41) is 2.57. The maximum absolute atomic E-state index is 12.8. The van der Waals surface area contributed by atoms with E-state index in [0.717, 1.165) is 0 Å². The van der Waals surface area contributed by atoms with Crippen molar-refractivity contribution < 1.29 is 14.0 Å². The van der Waals surface area contributed by atoms with Crippen molar-refractivity contribution in [1.29, 1.82) is 0 Å². The van der Waals surface area contributed by atoms with E-state index in [-0.39, 0.29) is 11.9 Å². The molecule has 2 fully saturated rings. The predicted octanol–water partition coefficient (Wildman–Crippen LogP) is -0.632. The quantitative estimate of drug-likeness (QED) is 0.686. The summed E-state index contributed by atoms with van der Waals surface area (Å²) in [5.74, 6) is -0.694. The molecule has 1 aromatic rings. The highest BCUT2D eigenvalue weighted by atomic mass is 19.1. The number of piperazine rings is 2. The minimum Gasteiger partial charge on any atom is -0.353 e. The lowest BCUT2D eigenvalue weighted by atomic mass is 10.1. The maximum Gasteiger partial charge on any atom is 0.312 e.